The maximum atomic E-state index is 12.3. The van der Waals surface area contributed by atoms with E-state index in [-0.39, 0.29) is 5.92 Å². The summed E-state index contributed by atoms with van der Waals surface area (Å²) in [5.41, 5.74) is 0. The first-order valence-corrected chi connectivity index (χ1v) is 4.14. The Morgan fingerprint density at radius 2 is 1.73 bits per heavy atom. The van der Waals surface area contributed by atoms with Crippen LogP contribution in [0, 0.1) is 17.8 Å². The van der Waals surface area contributed by atoms with Crippen LogP contribution in [0.15, 0.2) is 0 Å². The molecule has 0 radical (unpaired) electrons. The zero-order valence-corrected chi connectivity index (χ0v) is 7.73. The molecule has 0 aromatic rings. The predicted molar refractivity (Wildman–Crippen MR) is 43.9 cm³/mol. The summed E-state index contributed by atoms with van der Waals surface area (Å²) in [4.78, 5) is 10.5. The van der Waals surface area contributed by atoms with Crippen molar-refractivity contribution in [3.63, 3.8) is 0 Å². The van der Waals surface area contributed by atoms with E-state index in [1.54, 1.807) is 0 Å². The molecule has 0 bridgehead atoms. The van der Waals surface area contributed by atoms with Gasteiger partial charge in [0.1, 0.15) is 0 Å². The summed E-state index contributed by atoms with van der Waals surface area (Å²) in [6.45, 7) is 7.76. The van der Waals surface area contributed by atoms with Gasteiger partial charge in [-0.25, -0.2) is 0 Å². The fraction of sp³-hybridized carbons (Fsp3) is 0.889. The topological polar surface area (TPSA) is 17.1 Å². The van der Waals surface area contributed by atoms with Gasteiger partial charge in [0, 0.05) is 0 Å². The summed E-state index contributed by atoms with van der Waals surface area (Å²) in [7, 11) is 0. The number of rotatable bonds is 4. The molecule has 2 heteroatoms. The van der Waals surface area contributed by atoms with Crippen LogP contribution < -0.4 is 0 Å². The summed E-state index contributed by atoms with van der Waals surface area (Å²) in [5.74, 6) is 0.118. The Morgan fingerprint density at radius 3 is 1.82 bits per heavy atom. The zero-order chi connectivity index (χ0) is 9.02. The van der Waals surface area contributed by atoms with Crippen LogP contribution in [0.25, 0.3) is 0 Å². The quantitative estimate of drug-likeness (QED) is 0.578. The van der Waals surface area contributed by atoms with Gasteiger partial charge in [0.2, 0.25) is 0 Å². The average Bonchev–Trinajstić information content (AvgIpc) is 1.81. The van der Waals surface area contributed by atoms with E-state index in [1.807, 2.05) is 27.7 Å². The van der Waals surface area contributed by atoms with Crippen LogP contribution in [-0.2, 0) is 4.79 Å². The third-order valence-electron chi connectivity index (χ3n) is 1.82. The summed E-state index contributed by atoms with van der Waals surface area (Å²) in [6.07, 6.45) is 0.660. The first-order valence-electron chi connectivity index (χ1n) is 4.14. The van der Waals surface area contributed by atoms with Crippen LogP contribution in [0.3, 0.4) is 0 Å². The largest absolute Gasteiger partial charge is 0.304 e. The molecule has 0 heterocycles. The lowest BCUT2D eigenvalue weighted by Crippen LogP contribution is -2.18. The highest BCUT2D eigenvalue weighted by atomic mass is 19.1. The maximum Gasteiger partial charge on any atom is 0.304 e. The van der Waals surface area contributed by atoms with Crippen LogP contribution in [0.5, 0.6) is 0 Å². The lowest BCUT2D eigenvalue weighted by atomic mass is 9.88. The van der Waals surface area contributed by atoms with Gasteiger partial charge in [0.25, 0.3) is 0 Å². The predicted octanol–water partition coefficient (Wildman–Crippen LogP) is 2.80. The molecule has 0 aromatic heterocycles. The highest BCUT2D eigenvalue weighted by Crippen LogP contribution is 2.21. The van der Waals surface area contributed by atoms with Crippen molar-refractivity contribution in [3.05, 3.63) is 0 Å². The molecule has 0 rings (SSSR count). The third kappa shape index (κ3) is 4.12. The van der Waals surface area contributed by atoms with Gasteiger partial charge >= 0.3 is 6.04 Å². The Bertz CT molecular complexity index is 130. The van der Waals surface area contributed by atoms with Gasteiger partial charge in [0.15, 0.2) is 0 Å². The van der Waals surface area contributed by atoms with Crippen molar-refractivity contribution in [2.24, 2.45) is 17.8 Å². The van der Waals surface area contributed by atoms with E-state index < -0.39 is 12.0 Å². The van der Waals surface area contributed by atoms with Crippen molar-refractivity contribution in [2.45, 2.75) is 34.1 Å². The van der Waals surface area contributed by atoms with E-state index in [9.17, 15) is 9.18 Å². The number of hydrogen-bond acceptors (Lipinski definition) is 1. The number of halogens is 1. The Hall–Kier alpha value is -0.400. The SMILES string of the molecule is CC(C)CC(C(=O)F)C(C)C. The molecule has 0 saturated carbocycles. The second kappa shape index (κ2) is 4.47. The van der Waals surface area contributed by atoms with Crippen molar-refractivity contribution in [2.75, 3.05) is 0 Å². The molecule has 0 spiro atoms. The standard InChI is InChI=1S/C9H17FO/c1-6(2)5-8(7(3)4)9(10)11/h6-8H,5H2,1-4H3. The van der Waals surface area contributed by atoms with Crippen LogP contribution in [0.4, 0.5) is 4.39 Å². The normalized spacial score (nSPS) is 14.1. The molecule has 1 atom stereocenters. The van der Waals surface area contributed by atoms with Crippen molar-refractivity contribution in [3.8, 4) is 0 Å². The van der Waals surface area contributed by atoms with Crippen molar-refractivity contribution in [1.29, 1.82) is 0 Å². The summed E-state index contributed by atoms with van der Waals surface area (Å²) in [5, 5.41) is 0. The maximum absolute atomic E-state index is 12.3. The second-order valence-corrected chi connectivity index (χ2v) is 3.78. The average molecular weight is 160 g/mol. The first kappa shape index (κ1) is 10.6. The number of carbonyl (C=O) groups excluding carboxylic acids is 1. The molecule has 66 valence electrons. The van der Waals surface area contributed by atoms with Crippen LogP contribution in [0.1, 0.15) is 34.1 Å². The molecule has 0 aliphatic carbocycles. The minimum Gasteiger partial charge on any atom is -0.261 e. The van der Waals surface area contributed by atoms with E-state index in [2.05, 4.69) is 0 Å². The van der Waals surface area contributed by atoms with Gasteiger partial charge in [-0.2, -0.15) is 4.39 Å². The highest BCUT2D eigenvalue weighted by Gasteiger charge is 2.22. The summed E-state index contributed by atoms with van der Waals surface area (Å²) in [6, 6.07) is -1.16. The molecule has 1 nitrogen and oxygen atoms in total. The lowest BCUT2D eigenvalue weighted by Gasteiger charge is -2.16. The van der Waals surface area contributed by atoms with E-state index in [4.69, 9.17) is 0 Å². The Kier molecular flexibility index (Phi) is 4.31. The van der Waals surface area contributed by atoms with E-state index in [0.29, 0.717) is 12.3 Å². The number of hydrogen-bond donors (Lipinski definition) is 0. The Morgan fingerprint density at radius 1 is 1.27 bits per heavy atom. The van der Waals surface area contributed by atoms with Gasteiger partial charge in [-0.05, 0) is 18.3 Å². The molecule has 0 aliphatic rings. The lowest BCUT2D eigenvalue weighted by molar-refractivity contribution is -0.135. The zero-order valence-electron chi connectivity index (χ0n) is 7.73. The van der Waals surface area contributed by atoms with Gasteiger partial charge in [-0.3, -0.25) is 4.79 Å². The summed E-state index contributed by atoms with van der Waals surface area (Å²) < 4.78 is 12.3. The van der Waals surface area contributed by atoms with Crippen molar-refractivity contribution in [1.82, 2.24) is 0 Å². The molecule has 0 N–H and O–H groups in total. The van der Waals surface area contributed by atoms with Gasteiger partial charge in [-0.15, -0.1) is 0 Å². The fourth-order valence-corrected chi connectivity index (χ4v) is 1.13. The minimum atomic E-state index is -1.16. The van der Waals surface area contributed by atoms with E-state index in [0.717, 1.165) is 0 Å². The van der Waals surface area contributed by atoms with Crippen LogP contribution >= 0.6 is 0 Å². The fourth-order valence-electron chi connectivity index (χ4n) is 1.13. The highest BCUT2D eigenvalue weighted by molar-refractivity contribution is 5.71. The summed E-state index contributed by atoms with van der Waals surface area (Å²) >= 11 is 0. The van der Waals surface area contributed by atoms with E-state index >= 15 is 0 Å². The molecule has 11 heavy (non-hydrogen) atoms. The second-order valence-electron chi connectivity index (χ2n) is 3.78. The van der Waals surface area contributed by atoms with Crippen molar-refractivity contribution >= 4 is 6.04 Å². The van der Waals surface area contributed by atoms with Crippen LogP contribution in [0.2, 0.25) is 0 Å². The first-order chi connectivity index (χ1) is 4.95. The molecule has 0 saturated heterocycles. The Balaban J connectivity index is 4.01. The molecule has 0 aromatic carbocycles. The third-order valence-corrected chi connectivity index (χ3v) is 1.82. The molecule has 0 fully saturated rings. The molecular weight excluding hydrogens is 143 g/mol. The minimum absolute atomic E-state index is 0.120. The van der Waals surface area contributed by atoms with Crippen LogP contribution in [-0.4, -0.2) is 6.04 Å². The smallest absolute Gasteiger partial charge is 0.261 e. The van der Waals surface area contributed by atoms with E-state index in [1.165, 1.54) is 0 Å². The van der Waals surface area contributed by atoms with Gasteiger partial charge in [-0.1, -0.05) is 27.7 Å². The van der Waals surface area contributed by atoms with Gasteiger partial charge < -0.3 is 0 Å². The number of carbonyl (C=O) groups is 1. The molecule has 0 amide bonds. The van der Waals surface area contributed by atoms with Gasteiger partial charge in [0.05, 0.1) is 5.92 Å². The molecule has 1 unspecified atom stereocenters. The Labute approximate surface area is 68.0 Å². The van der Waals surface area contributed by atoms with Crippen molar-refractivity contribution < 1.29 is 9.18 Å². The molecular formula is C9H17FO. The monoisotopic (exact) mass is 160 g/mol. The molecule has 0 aliphatic heterocycles.